The van der Waals surface area contributed by atoms with Crippen LogP contribution in [0.25, 0.3) is 33.2 Å². The molecule has 6 atom stereocenters. The van der Waals surface area contributed by atoms with Crippen LogP contribution in [0.4, 0.5) is 21.0 Å². The second-order valence-electron chi connectivity index (χ2n) is 17.3. The van der Waals surface area contributed by atoms with Crippen LogP contribution in [0.3, 0.4) is 0 Å². The molecule has 4 aliphatic heterocycles. The molecule has 4 amide bonds. The molecule has 1 unspecified atom stereocenters. The quantitative estimate of drug-likeness (QED) is 0.0924. The minimum Gasteiger partial charge on any atom is -0.488 e. The highest BCUT2D eigenvalue weighted by Gasteiger charge is 2.45. The van der Waals surface area contributed by atoms with E-state index < -0.39 is 24.3 Å². The zero-order valence-corrected chi connectivity index (χ0v) is 36.6. The van der Waals surface area contributed by atoms with Gasteiger partial charge in [0.25, 0.3) is 0 Å². The summed E-state index contributed by atoms with van der Waals surface area (Å²) in [6.45, 7) is 5.73. The number of fused-ring (bicyclic) bond motifs is 6. The molecule has 0 saturated carbocycles. The van der Waals surface area contributed by atoms with Gasteiger partial charge in [0.05, 0.1) is 56.2 Å². The van der Waals surface area contributed by atoms with Gasteiger partial charge in [-0.1, -0.05) is 62.4 Å². The monoisotopic (exact) mass is 870 g/mol. The zero-order valence-electron chi connectivity index (χ0n) is 36.6. The van der Waals surface area contributed by atoms with Gasteiger partial charge in [0.15, 0.2) is 0 Å². The van der Waals surface area contributed by atoms with Gasteiger partial charge in [0.2, 0.25) is 11.8 Å². The van der Waals surface area contributed by atoms with Gasteiger partial charge < -0.3 is 55.0 Å². The number of aromatic nitrogens is 2. The summed E-state index contributed by atoms with van der Waals surface area (Å²) in [6.07, 6.45) is 2.48. The number of carbonyl (C=O) groups excluding carboxylic acids is 4. The van der Waals surface area contributed by atoms with E-state index in [-0.39, 0.29) is 41.9 Å². The molecule has 5 aromatic rings. The number of rotatable bonds is 11. The molecule has 16 heteroatoms. The molecule has 64 heavy (non-hydrogen) atoms. The van der Waals surface area contributed by atoms with E-state index in [9.17, 15) is 19.2 Å². The van der Waals surface area contributed by atoms with Gasteiger partial charge in [-0.3, -0.25) is 9.59 Å². The Balaban J connectivity index is 0.941. The van der Waals surface area contributed by atoms with E-state index in [2.05, 4.69) is 68.7 Å². The SMILES string of the molecule is COC[C@H]1C[C@@H](C2Nc3ccc4cc5c(cc4c3N2)OCc2cc(-c3cnc([C@@H]4CCCN4C(=O)[C@@H](NC(=O)OC)C(C)C)[nH]3)ccc2-5)N(C(=O)[C@H](NC(=O)OC)c2ccccc2)C1. The van der Waals surface area contributed by atoms with Crippen molar-refractivity contribution in [1.82, 2.24) is 30.4 Å². The lowest BCUT2D eigenvalue weighted by molar-refractivity contribution is -0.136. The summed E-state index contributed by atoms with van der Waals surface area (Å²) in [5.41, 5.74) is 7.44. The summed E-state index contributed by atoms with van der Waals surface area (Å²) in [5.74, 6) is 1.09. The van der Waals surface area contributed by atoms with Gasteiger partial charge in [-0.25, -0.2) is 14.6 Å². The fourth-order valence-electron chi connectivity index (χ4n) is 9.81. The highest BCUT2D eigenvalue weighted by atomic mass is 16.5. The number of benzene rings is 4. The number of H-pyrrole nitrogens is 1. The molecule has 9 rings (SSSR count). The highest BCUT2D eigenvalue weighted by molar-refractivity contribution is 6.05. The molecule has 4 aliphatic rings. The Kier molecular flexibility index (Phi) is 11.8. The summed E-state index contributed by atoms with van der Waals surface area (Å²) < 4.78 is 21.7. The largest absolute Gasteiger partial charge is 0.488 e. The average Bonchev–Trinajstić information content (AvgIpc) is 4.15. The molecule has 2 saturated heterocycles. The van der Waals surface area contributed by atoms with Crippen molar-refractivity contribution in [3.63, 3.8) is 0 Å². The average molecular weight is 871 g/mol. The first-order valence-corrected chi connectivity index (χ1v) is 21.8. The summed E-state index contributed by atoms with van der Waals surface area (Å²) in [7, 11) is 4.24. The third-order valence-corrected chi connectivity index (χ3v) is 13.0. The van der Waals surface area contributed by atoms with Crippen LogP contribution in [-0.4, -0.2) is 103 Å². The number of anilines is 2. The molecule has 334 valence electrons. The Labute approximate surface area is 371 Å². The smallest absolute Gasteiger partial charge is 0.407 e. The van der Waals surface area contributed by atoms with Crippen molar-refractivity contribution in [2.75, 3.05) is 51.7 Å². The van der Waals surface area contributed by atoms with Crippen LogP contribution in [0.1, 0.15) is 62.1 Å². The first-order chi connectivity index (χ1) is 31.0. The molecular formula is C48H54N8O8. The topological polar surface area (TPSA) is 188 Å². The van der Waals surface area contributed by atoms with Crippen molar-refractivity contribution in [3.8, 4) is 28.1 Å². The number of imidazole rings is 1. The van der Waals surface area contributed by atoms with Gasteiger partial charge in [0, 0.05) is 37.1 Å². The second kappa shape index (κ2) is 17.8. The van der Waals surface area contributed by atoms with Crippen LogP contribution >= 0.6 is 0 Å². The van der Waals surface area contributed by atoms with E-state index in [1.54, 1.807) is 7.11 Å². The van der Waals surface area contributed by atoms with Gasteiger partial charge in [-0.15, -0.1) is 0 Å². The molecular weight excluding hydrogens is 817 g/mol. The number of hydrogen-bond acceptors (Lipinski definition) is 11. The maximum absolute atomic E-state index is 14.4. The Morgan fingerprint density at radius 1 is 0.891 bits per heavy atom. The molecule has 0 radical (unpaired) electrons. The second-order valence-corrected chi connectivity index (χ2v) is 17.3. The van der Waals surface area contributed by atoms with Crippen LogP contribution in [0.15, 0.2) is 79.0 Å². The third-order valence-electron chi connectivity index (χ3n) is 13.0. The lowest BCUT2D eigenvalue weighted by Crippen LogP contribution is -2.51. The van der Waals surface area contributed by atoms with Gasteiger partial charge in [-0.05, 0) is 77.1 Å². The fourth-order valence-corrected chi connectivity index (χ4v) is 9.81. The molecule has 16 nitrogen and oxygen atoms in total. The molecule has 2 fully saturated rings. The van der Waals surface area contributed by atoms with Crippen LogP contribution in [0.5, 0.6) is 5.75 Å². The number of nitrogens with zero attached hydrogens (tertiary/aromatic N) is 3. The summed E-state index contributed by atoms with van der Waals surface area (Å²) in [4.78, 5) is 64.6. The van der Waals surface area contributed by atoms with E-state index in [0.717, 1.165) is 68.7 Å². The molecule has 0 aliphatic carbocycles. The van der Waals surface area contributed by atoms with Gasteiger partial charge in [-0.2, -0.15) is 0 Å². The highest BCUT2D eigenvalue weighted by Crippen LogP contribution is 2.46. The van der Waals surface area contributed by atoms with Crippen molar-refractivity contribution in [2.24, 2.45) is 11.8 Å². The van der Waals surface area contributed by atoms with Crippen molar-refractivity contribution in [2.45, 2.75) is 70.0 Å². The van der Waals surface area contributed by atoms with E-state index in [1.807, 2.05) is 60.2 Å². The Hall–Kier alpha value is -6.81. The molecule has 4 aromatic carbocycles. The first kappa shape index (κ1) is 42.5. The lowest BCUT2D eigenvalue weighted by atomic mass is 9.92. The third kappa shape index (κ3) is 8.02. The predicted octanol–water partition coefficient (Wildman–Crippen LogP) is 6.96. The summed E-state index contributed by atoms with van der Waals surface area (Å²) in [5, 5.41) is 14.9. The Morgan fingerprint density at radius 2 is 1.69 bits per heavy atom. The maximum atomic E-state index is 14.4. The lowest BCUT2D eigenvalue weighted by Gasteiger charge is -2.32. The van der Waals surface area contributed by atoms with E-state index in [1.165, 1.54) is 14.2 Å². The number of alkyl carbamates (subject to hydrolysis) is 2. The zero-order chi connectivity index (χ0) is 44.6. The van der Waals surface area contributed by atoms with Crippen LogP contribution in [-0.2, 0) is 30.4 Å². The standard InChI is InChI=1S/C48H54N8O8/c1-26(2)40(53-47(59)62-4)45(57)55-17-9-12-37(55)43-49-22-36(51-43)30-13-15-32-31(19-30)25-64-39-21-33-29(20-34(32)39)14-16-35-42(33)52-44(50-35)38-18-27(24-61-3)23-56(38)46(58)41(54-48(60)63-5)28-10-7-6-8-11-28/h6-8,10-11,13-16,19-22,26-27,37-38,40-41,44,50,52H,9,12,17-18,23-25H2,1-5H3,(H,49,51)(H,53,59)(H,54,60)/t27-,37-,38-,40-,41+,44?/m0/s1. The molecule has 1 aromatic heterocycles. The van der Waals surface area contributed by atoms with Crippen LogP contribution in [0, 0.1) is 11.8 Å². The van der Waals surface area contributed by atoms with E-state index in [0.29, 0.717) is 44.1 Å². The number of carbonyl (C=O) groups is 4. The molecule has 5 N–H and O–H groups in total. The minimum absolute atomic E-state index is 0.100. The summed E-state index contributed by atoms with van der Waals surface area (Å²) in [6, 6.07) is 21.8. The minimum atomic E-state index is -0.927. The van der Waals surface area contributed by atoms with Crippen LogP contribution in [0.2, 0.25) is 0 Å². The van der Waals surface area contributed by atoms with Gasteiger partial charge in [0.1, 0.15) is 36.4 Å². The van der Waals surface area contributed by atoms with Crippen molar-refractivity contribution >= 4 is 46.1 Å². The van der Waals surface area contributed by atoms with E-state index >= 15 is 0 Å². The maximum Gasteiger partial charge on any atom is 0.407 e. The predicted molar refractivity (Wildman–Crippen MR) is 240 cm³/mol. The number of aromatic amines is 1. The fraction of sp³-hybridized carbons (Fsp3) is 0.396. The van der Waals surface area contributed by atoms with Crippen molar-refractivity contribution in [3.05, 3.63) is 95.9 Å². The summed E-state index contributed by atoms with van der Waals surface area (Å²) >= 11 is 0. The molecule has 0 bridgehead atoms. The number of ether oxygens (including phenoxy) is 4. The number of likely N-dealkylation sites (tertiary alicyclic amines) is 2. The normalized spacial score (nSPS) is 20.6. The number of amides is 4. The van der Waals surface area contributed by atoms with Crippen molar-refractivity contribution < 1.29 is 38.1 Å². The number of nitrogens with one attached hydrogen (secondary N) is 5. The first-order valence-electron chi connectivity index (χ1n) is 21.8. The van der Waals surface area contributed by atoms with Gasteiger partial charge >= 0.3 is 12.2 Å². The Bertz CT molecular complexity index is 2580. The number of hydrogen-bond donors (Lipinski definition) is 5. The van der Waals surface area contributed by atoms with E-state index in [4.69, 9.17) is 23.9 Å². The Morgan fingerprint density at radius 3 is 2.45 bits per heavy atom. The molecule has 5 heterocycles. The van der Waals surface area contributed by atoms with Crippen LogP contribution < -0.4 is 26.0 Å². The van der Waals surface area contributed by atoms with Crippen molar-refractivity contribution in [1.29, 1.82) is 0 Å². The number of methoxy groups -OCH3 is 3. The molecule has 0 spiro atoms.